The lowest BCUT2D eigenvalue weighted by molar-refractivity contribution is -0.757. The molecule has 10 nitrogen and oxygen atoms in total. The van der Waals surface area contributed by atoms with Gasteiger partial charge in [0, 0.05) is 31.7 Å². The molecule has 0 radical (unpaired) electrons. The molecule has 0 heterocycles. The van der Waals surface area contributed by atoms with Crippen LogP contribution in [0.2, 0.25) is 0 Å². The summed E-state index contributed by atoms with van der Waals surface area (Å²) in [6.45, 7) is 2.51. The Labute approximate surface area is 242 Å². The molecular weight excluding hydrogens is 528 g/mol. The monoisotopic (exact) mass is 574 g/mol. The van der Waals surface area contributed by atoms with Gasteiger partial charge in [-0.2, -0.15) is 0 Å². The van der Waals surface area contributed by atoms with E-state index >= 15 is 0 Å². The number of benzene rings is 1. The molecule has 1 aromatic rings. The summed E-state index contributed by atoms with van der Waals surface area (Å²) in [6.07, 6.45) is 11.7. The van der Waals surface area contributed by atoms with Gasteiger partial charge in [-0.05, 0) is 63.4 Å². The normalized spacial score (nSPS) is 21.2. The number of aliphatic hydroxyl groups is 2. The third-order valence-electron chi connectivity index (χ3n) is 7.25. The number of hydrogen-bond donors (Lipinski definition) is 3. The van der Waals surface area contributed by atoms with Gasteiger partial charge in [0.1, 0.15) is 6.10 Å². The molecule has 41 heavy (non-hydrogen) atoms. The molecule has 1 aliphatic carbocycles. The summed E-state index contributed by atoms with van der Waals surface area (Å²) in [5, 5.41) is 33.7. The first-order valence-corrected chi connectivity index (χ1v) is 14.8. The quantitative estimate of drug-likeness (QED) is 0.0679. The first kappa shape index (κ1) is 34.0. The van der Waals surface area contributed by atoms with Crippen LogP contribution >= 0.6 is 0 Å². The van der Waals surface area contributed by atoms with Gasteiger partial charge in [0.15, 0.2) is 0 Å². The Kier molecular flexibility index (Phi) is 16.4. The number of nitrogens with zero attached hydrogens (tertiary/aromatic N) is 1. The van der Waals surface area contributed by atoms with Crippen LogP contribution in [0, 0.1) is 22.0 Å². The highest BCUT2D eigenvalue weighted by molar-refractivity contribution is 5.75. The van der Waals surface area contributed by atoms with E-state index in [2.05, 4.69) is 10.2 Å². The number of hydrogen-bond acceptors (Lipinski definition) is 8. The molecule has 0 saturated heterocycles. The van der Waals surface area contributed by atoms with E-state index in [0.717, 1.165) is 24.8 Å². The van der Waals surface area contributed by atoms with Crippen LogP contribution < -0.4 is 5.32 Å². The molecule has 0 bridgehead atoms. The van der Waals surface area contributed by atoms with Gasteiger partial charge in [-0.15, -0.1) is 10.1 Å². The SMILES string of the molecule is CCNC(=O)CCCC=CC[C@@H]1[C@@H](C=C[C@@H](O)CCc2ccccc2)[C@H](OC(=O)CCCCCO[N+](=O)[O-])C[C@@H]1O. The molecule has 1 amide bonds. The van der Waals surface area contributed by atoms with Gasteiger partial charge in [0.25, 0.3) is 5.09 Å². The lowest BCUT2D eigenvalue weighted by atomic mass is 9.89. The lowest BCUT2D eigenvalue weighted by Gasteiger charge is -2.22. The minimum absolute atomic E-state index is 0.00251. The predicted molar refractivity (Wildman–Crippen MR) is 155 cm³/mol. The maximum absolute atomic E-state index is 12.6. The van der Waals surface area contributed by atoms with E-state index in [-0.39, 0.29) is 36.7 Å². The van der Waals surface area contributed by atoms with Crippen molar-refractivity contribution in [2.75, 3.05) is 13.2 Å². The van der Waals surface area contributed by atoms with Crippen molar-refractivity contribution in [3.05, 3.63) is 70.3 Å². The summed E-state index contributed by atoms with van der Waals surface area (Å²) in [5.41, 5.74) is 1.14. The maximum atomic E-state index is 12.6. The number of aryl methyl sites for hydroxylation is 1. The van der Waals surface area contributed by atoms with Crippen molar-refractivity contribution < 1.29 is 34.5 Å². The number of carbonyl (C=O) groups is 2. The Morgan fingerprint density at radius 3 is 2.66 bits per heavy atom. The molecule has 1 aliphatic rings. The first-order chi connectivity index (χ1) is 19.8. The standard InChI is InChI=1S/C31H46N2O8/c1-2-32-30(36)16-10-4-3-9-15-26-27(21-20-25(34)19-18-24-13-7-5-8-14-24)29(23-28(26)35)41-31(37)17-11-6-12-22-40-33(38)39/h3,5,7-9,13-14,20-21,25-29,34-35H,2,4,6,10-12,15-19,22-23H2,1H3,(H,32,36)/t25-,26+,27+,28-,29+/m0/s1. The fourth-order valence-corrected chi connectivity index (χ4v) is 5.07. The third-order valence-corrected chi connectivity index (χ3v) is 7.25. The number of ether oxygens (including phenoxy) is 1. The molecule has 3 N–H and O–H groups in total. The molecule has 2 rings (SSSR count). The third kappa shape index (κ3) is 14.3. The summed E-state index contributed by atoms with van der Waals surface area (Å²) < 4.78 is 5.79. The zero-order valence-corrected chi connectivity index (χ0v) is 24.1. The van der Waals surface area contributed by atoms with E-state index in [1.165, 1.54) is 0 Å². The van der Waals surface area contributed by atoms with Crippen molar-refractivity contribution in [1.29, 1.82) is 0 Å². The fraction of sp³-hybridized carbons (Fsp3) is 0.613. The van der Waals surface area contributed by atoms with Gasteiger partial charge in [-0.1, -0.05) is 61.1 Å². The van der Waals surface area contributed by atoms with Crippen molar-refractivity contribution in [1.82, 2.24) is 5.32 Å². The Hall–Kier alpha value is -3.24. The average molecular weight is 575 g/mol. The van der Waals surface area contributed by atoms with E-state index in [9.17, 15) is 29.9 Å². The van der Waals surface area contributed by atoms with Gasteiger partial charge in [-0.25, -0.2) is 0 Å². The van der Waals surface area contributed by atoms with Gasteiger partial charge < -0.3 is 25.1 Å². The second kappa shape index (κ2) is 19.8. The molecule has 1 fully saturated rings. The molecule has 10 heteroatoms. The number of nitrogens with one attached hydrogen (secondary N) is 1. The first-order valence-electron chi connectivity index (χ1n) is 14.8. The Balaban J connectivity index is 1.93. The Bertz CT molecular complexity index is 968. The number of amides is 1. The summed E-state index contributed by atoms with van der Waals surface area (Å²) in [4.78, 5) is 38.7. The van der Waals surface area contributed by atoms with Gasteiger partial charge in [-0.3, -0.25) is 9.59 Å². The van der Waals surface area contributed by atoms with Gasteiger partial charge in [0.2, 0.25) is 5.91 Å². The molecule has 0 unspecified atom stereocenters. The molecular formula is C31H46N2O8. The maximum Gasteiger partial charge on any atom is 0.306 e. The van der Waals surface area contributed by atoms with E-state index in [1.807, 2.05) is 55.5 Å². The van der Waals surface area contributed by atoms with Crippen LogP contribution in [0.25, 0.3) is 0 Å². The minimum Gasteiger partial charge on any atom is -0.462 e. The highest BCUT2D eigenvalue weighted by Gasteiger charge is 2.42. The molecule has 228 valence electrons. The molecule has 1 aromatic carbocycles. The summed E-state index contributed by atoms with van der Waals surface area (Å²) >= 11 is 0. The van der Waals surface area contributed by atoms with Crippen molar-refractivity contribution in [2.45, 2.75) is 95.9 Å². The number of aliphatic hydroxyl groups excluding tert-OH is 2. The van der Waals surface area contributed by atoms with Gasteiger partial charge >= 0.3 is 5.97 Å². The van der Waals surface area contributed by atoms with Crippen LogP contribution in [0.3, 0.4) is 0 Å². The van der Waals surface area contributed by atoms with Crippen LogP contribution in [0.1, 0.15) is 76.7 Å². The second-order valence-electron chi connectivity index (χ2n) is 10.5. The van der Waals surface area contributed by atoms with E-state index in [1.54, 1.807) is 6.08 Å². The molecule has 5 atom stereocenters. The predicted octanol–water partition coefficient (Wildman–Crippen LogP) is 4.47. The fourth-order valence-electron chi connectivity index (χ4n) is 5.07. The number of rotatable bonds is 20. The van der Waals surface area contributed by atoms with Crippen LogP contribution in [-0.2, 0) is 25.6 Å². The Morgan fingerprint density at radius 1 is 1.15 bits per heavy atom. The summed E-state index contributed by atoms with van der Waals surface area (Å²) in [6, 6.07) is 9.93. The van der Waals surface area contributed by atoms with Crippen LogP contribution in [0.5, 0.6) is 0 Å². The van der Waals surface area contributed by atoms with E-state index < -0.39 is 23.4 Å². The van der Waals surface area contributed by atoms with Gasteiger partial charge in [0.05, 0.1) is 18.8 Å². The smallest absolute Gasteiger partial charge is 0.306 e. The molecule has 0 aromatic heterocycles. The van der Waals surface area contributed by atoms with Crippen molar-refractivity contribution in [3.63, 3.8) is 0 Å². The van der Waals surface area contributed by atoms with Crippen molar-refractivity contribution in [3.8, 4) is 0 Å². The summed E-state index contributed by atoms with van der Waals surface area (Å²) in [7, 11) is 0. The number of unbranched alkanes of at least 4 members (excludes halogenated alkanes) is 3. The van der Waals surface area contributed by atoms with E-state index in [4.69, 9.17) is 4.74 Å². The van der Waals surface area contributed by atoms with Crippen LogP contribution in [0.15, 0.2) is 54.6 Å². The lowest BCUT2D eigenvalue weighted by Crippen LogP contribution is -2.25. The highest BCUT2D eigenvalue weighted by atomic mass is 16.9. The van der Waals surface area contributed by atoms with Crippen molar-refractivity contribution in [2.24, 2.45) is 11.8 Å². The molecule has 0 aliphatic heterocycles. The topological polar surface area (TPSA) is 148 Å². The second-order valence-corrected chi connectivity index (χ2v) is 10.5. The average Bonchev–Trinajstić information content (AvgIpc) is 3.23. The largest absolute Gasteiger partial charge is 0.462 e. The van der Waals surface area contributed by atoms with Crippen LogP contribution in [-0.4, -0.2) is 58.6 Å². The van der Waals surface area contributed by atoms with Crippen molar-refractivity contribution >= 4 is 11.9 Å². The zero-order chi connectivity index (χ0) is 29.9. The number of esters is 1. The number of carbonyl (C=O) groups excluding carboxylic acids is 2. The Morgan fingerprint density at radius 2 is 1.93 bits per heavy atom. The molecule has 1 saturated carbocycles. The minimum atomic E-state index is -0.830. The summed E-state index contributed by atoms with van der Waals surface area (Å²) in [5.74, 6) is -0.766. The highest BCUT2D eigenvalue weighted by Crippen LogP contribution is 2.38. The number of allylic oxidation sites excluding steroid dienone is 2. The van der Waals surface area contributed by atoms with E-state index in [0.29, 0.717) is 51.5 Å². The zero-order valence-electron chi connectivity index (χ0n) is 24.1. The molecule has 0 spiro atoms. The van der Waals surface area contributed by atoms with Crippen LogP contribution in [0.4, 0.5) is 0 Å².